The molecule has 1 atom stereocenters. The van der Waals surface area contributed by atoms with Gasteiger partial charge in [-0.05, 0) is 31.0 Å². The van der Waals surface area contributed by atoms with Crippen molar-refractivity contribution in [1.29, 1.82) is 5.26 Å². The van der Waals surface area contributed by atoms with Gasteiger partial charge in [-0.1, -0.05) is 6.07 Å². The first-order chi connectivity index (χ1) is 8.20. The van der Waals surface area contributed by atoms with Crippen molar-refractivity contribution in [3.63, 3.8) is 0 Å². The molecule has 0 aromatic heterocycles. The molecule has 1 fully saturated rings. The Labute approximate surface area is 100 Å². The van der Waals surface area contributed by atoms with E-state index in [0.29, 0.717) is 24.2 Å². The molecule has 1 aliphatic heterocycles. The van der Waals surface area contributed by atoms with Crippen LogP contribution in [0.15, 0.2) is 24.3 Å². The summed E-state index contributed by atoms with van der Waals surface area (Å²) in [7, 11) is 0. The minimum Gasteiger partial charge on any atom is -0.391 e. The second kappa shape index (κ2) is 4.98. The highest BCUT2D eigenvalue weighted by molar-refractivity contribution is 5.94. The van der Waals surface area contributed by atoms with Crippen molar-refractivity contribution in [2.24, 2.45) is 0 Å². The van der Waals surface area contributed by atoms with Crippen molar-refractivity contribution >= 4 is 5.91 Å². The molecule has 0 spiro atoms. The largest absolute Gasteiger partial charge is 0.391 e. The molecule has 1 amide bonds. The average molecular weight is 230 g/mol. The summed E-state index contributed by atoms with van der Waals surface area (Å²) in [6.45, 7) is 1.06. The molecule has 1 saturated heterocycles. The van der Waals surface area contributed by atoms with Crippen molar-refractivity contribution in [1.82, 2.24) is 4.90 Å². The first-order valence-corrected chi connectivity index (χ1v) is 5.68. The van der Waals surface area contributed by atoms with Crippen LogP contribution in [0.1, 0.15) is 28.8 Å². The smallest absolute Gasteiger partial charge is 0.253 e. The van der Waals surface area contributed by atoms with Gasteiger partial charge in [0.2, 0.25) is 0 Å². The lowest BCUT2D eigenvalue weighted by atomic mass is 10.1. The summed E-state index contributed by atoms with van der Waals surface area (Å²) in [6, 6.07) is 8.67. The van der Waals surface area contributed by atoms with Crippen molar-refractivity contribution in [3.05, 3.63) is 35.4 Å². The second-order valence-corrected chi connectivity index (χ2v) is 4.24. The zero-order valence-electron chi connectivity index (χ0n) is 9.47. The number of aliphatic hydroxyl groups is 1. The zero-order chi connectivity index (χ0) is 12.3. The summed E-state index contributed by atoms with van der Waals surface area (Å²) < 4.78 is 0. The predicted molar refractivity (Wildman–Crippen MR) is 62.3 cm³/mol. The fourth-order valence-corrected chi connectivity index (χ4v) is 2.04. The first-order valence-electron chi connectivity index (χ1n) is 5.68. The van der Waals surface area contributed by atoms with Gasteiger partial charge in [-0.25, -0.2) is 0 Å². The van der Waals surface area contributed by atoms with Crippen molar-refractivity contribution in [3.8, 4) is 6.07 Å². The zero-order valence-corrected chi connectivity index (χ0v) is 9.47. The second-order valence-electron chi connectivity index (χ2n) is 4.24. The van der Waals surface area contributed by atoms with Gasteiger partial charge in [0.25, 0.3) is 5.91 Å². The SMILES string of the molecule is N#Cc1cccc(C(=O)N2CCC[C@H](O)C2)c1. The van der Waals surface area contributed by atoms with Crippen molar-refractivity contribution in [2.45, 2.75) is 18.9 Å². The Morgan fingerprint density at radius 2 is 2.35 bits per heavy atom. The molecule has 1 heterocycles. The van der Waals surface area contributed by atoms with E-state index >= 15 is 0 Å². The predicted octanol–water partition coefficient (Wildman–Crippen LogP) is 1.16. The minimum atomic E-state index is -0.424. The fourth-order valence-electron chi connectivity index (χ4n) is 2.04. The van der Waals surface area contributed by atoms with E-state index in [9.17, 15) is 9.90 Å². The molecule has 0 saturated carbocycles. The Hall–Kier alpha value is -1.86. The van der Waals surface area contributed by atoms with Crippen LogP contribution in [-0.2, 0) is 0 Å². The number of amides is 1. The summed E-state index contributed by atoms with van der Waals surface area (Å²) in [4.78, 5) is 13.8. The van der Waals surface area contributed by atoms with Crippen molar-refractivity contribution < 1.29 is 9.90 Å². The molecule has 0 radical (unpaired) electrons. The maximum Gasteiger partial charge on any atom is 0.253 e. The maximum atomic E-state index is 12.1. The monoisotopic (exact) mass is 230 g/mol. The number of hydrogen-bond acceptors (Lipinski definition) is 3. The van der Waals surface area contributed by atoms with E-state index in [-0.39, 0.29) is 5.91 Å². The Bertz CT molecular complexity index is 465. The summed E-state index contributed by atoms with van der Waals surface area (Å²) in [5.74, 6) is -0.110. The van der Waals surface area contributed by atoms with Crippen LogP contribution in [0.2, 0.25) is 0 Å². The van der Waals surface area contributed by atoms with E-state index in [1.54, 1.807) is 29.2 Å². The topological polar surface area (TPSA) is 64.3 Å². The molecule has 1 N–H and O–H groups in total. The lowest BCUT2D eigenvalue weighted by molar-refractivity contribution is 0.0474. The van der Waals surface area contributed by atoms with Gasteiger partial charge in [0.15, 0.2) is 0 Å². The van der Waals surface area contributed by atoms with Gasteiger partial charge >= 0.3 is 0 Å². The molecular formula is C13H14N2O2. The maximum absolute atomic E-state index is 12.1. The Kier molecular flexibility index (Phi) is 3.40. The molecule has 88 valence electrons. The van der Waals surface area contributed by atoms with Gasteiger partial charge in [0.05, 0.1) is 17.7 Å². The van der Waals surface area contributed by atoms with Gasteiger partial charge in [0.1, 0.15) is 0 Å². The van der Waals surface area contributed by atoms with E-state index < -0.39 is 6.10 Å². The van der Waals surface area contributed by atoms with Crippen LogP contribution >= 0.6 is 0 Å². The summed E-state index contributed by atoms with van der Waals surface area (Å²) in [6.07, 6.45) is 1.15. The van der Waals surface area contributed by atoms with Gasteiger partial charge < -0.3 is 10.0 Å². The van der Waals surface area contributed by atoms with E-state index in [1.165, 1.54) is 0 Å². The fraction of sp³-hybridized carbons (Fsp3) is 0.385. The van der Waals surface area contributed by atoms with Crippen LogP contribution in [0.3, 0.4) is 0 Å². The number of rotatable bonds is 1. The number of carbonyl (C=O) groups excluding carboxylic acids is 1. The lowest BCUT2D eigenvalue weighted by Gasteiger charge is -2.30. The van der Waals surface area contributed by atoms with Crippen molar-refractivity contribution in [2.75, 3.05) is 13.1 Å². The molecule has 4 heteroatoms. The molecule has 1 aliphatic rings. The standard InChI is InChI=1S/C13H14N2O2/c14-8-10-3-1-4-11(7-10)13(17)15-6-2-5-12(16)9-15/h1,3-4,7,12,16H,2,5-6,9H2/t12-/m0/s1. The van der Waals surface area contributed by atoms with E-state index in [2.05, 4.69) is 0 Å². The van der Waals surface area contributed by atoms with Crippen LogP contribution in [0, 0.1) is 11.3 Å². The molecule has 1 aromatic carbocycles. The van der Waals surface area contributed by atoms with Crippen LogP contribution in [0.5, 0.6) is 0 Å². The quantitative estimate of drug-likeness (QED) is 0.787. The summed E-state index contributed by atoms with van der Waals surface area (Å²) in [5.41, 5.74) is 0.992. The molecule has 17 heavy (non-hydrogen) atoms. The summed E-state index contributed by atoms with van der Waals surface area (Å²) in [5, 5.41) is 18.3. The number of nitriles is 1. The van der Waals surface area contributed by atoms with Crippen LogP contribution in [-0.4, -0.2) is 35.1 Å². The Morgan fingerprint density at radius 1 is 1.53 bits per heavy atom. The number of carbonyl (C=O) groups is 1. The molecule has 0 aliphatic carbocycles. The highest BCUT2D eigenvalue weighted by atomic mass is 16.3. The number of hydrogen-bond donors (Lipinski definition) is 1. The Morgan fingerprint density at radius 3 is 3.06 bits per heavy atom. The summed E-state index contributed by atoms with van der Waals surface area (Å²) >= 11 is 0. The molecule has 2 rings (SSSR count). The van der Waals surface area contributed by atoms with Gasteiger partial charge in [-0.3, -0.25) is 4.79 Å². The number of piperidine rings is 1. The normalized spacial score (nSPS) is 19.8. The molecular weight excluding hydrogens is 216 g/mol. The molecule has 4 nitrogen and oxygen atoms in total. The van der Waals surface area contributed by atoms with Crippen LogP contribution in [0.4, 0.5) is 0 Å². The van der Waals surface area contributed by atoms with Crippen LogP contribution in [0.25, 0.3) is 0 Å². The Balaban J connectivity index is 2.16. The molecule has 0 bridgehead atoms. The average Bonchev–Trinajstić information content (AvgIpc) is 2.38. The molecule has 1 aromatic rings. The third-order valence-corrected chi connectivity index (χ3v) is 2.92. The van der Waals surface area contributed by atoms with E-state index in [4.69, 9.17) is 5.26 Å². The van der Waals surface area contributed by atoms with Gasteiger partial charge in [-0.15, -0.1) is 0 Å². The van der Waals surface area contributed by atoms with E-state index in [0.717, 1.165) is 12.8 Å². The number of aliphatic hydroxyl groups excluding tert-OH is 1. The highest BCUT2D eigenvalue weighted by Crippen LogP contribution is 2.14. The number of β-amino-alcohol motifs (C(OH)–C–C–N with tert-alkyl or cyclic N) is 1. The number of nitrogens with zero attached hydrogens (tertiary/aromatic N) is 2. The lowest BCUT2D eigenvalue weighted by Crippen LogP contribution is -2.42. The third kappa shape index (κ3) is 2.63. The van der Waals surface area contributed by atoms with E-state index in [1.807, 2.05) is 6.07 Å². The third-order valence-electron chi connectivity index (χ3n) is 2.92. The number of benzene rings is 1. The number of likely N-dealkylation sites (tertiary alicyclic amines) is 1. The van der Waals surface area contributed by atoms with Gasteiger partial charge in [-0.2, -0.15) is 5.26 Å². The van der Waals surface area contributed by atoms with Gasteiger partial charge in [0, 0.05) is 18.7 Å². The first kappa shape index (κ1) is 11.6. The minimum absolute atomic E-state index is 0.110. The highest BCUT2D eigenvalue weighted by Gasteiger charge is 2.22. The molecule has 0 unspecified atom stereocenters. The van der Waals surface area contributed by atoms with Crippen LogP contribution < -0.4 is 0 Å².